The number of halogens is 3. The lowest BCUT2D eigenvalue weighted by atomic mass is 9.96. The summed E-state index contributed by atoms with van der Waals surface area (Å²) in [6.45, 7) is 9.08. The number of alkyl halides is 1. The molecular weight excluding hydrogens is 378 g/mol. The Kier molecular flexibility index (Phi) is 4.12. The van der Waals surface area contributed by atoms with Gasteiger partial charge in [-0.15, -0.1) is 11.6 Å². The zero-order valence-electron chi connectivity index (χ0n) is 11.5. The highest BCUT2D eigenvalue weighted by atomic mass is 127. The third-order valence-electron chi connectivity index (χ3n) is 2.81. The molecule has 2 aromatic rings. The van der Waals surface area contributed by atoms with Crippen molar-refractivity contribution in [1.29, 1.82) is 0 Å². The van der Waals surface area contributed by atoms with E-state index in [1.807, 2.05) is 34.1 Å². The van der Waals surface area contributed by atoms with Crippen LogP contribution in [0.3, 0.4) is 0 Å². The molecular formula is C14H17ClFIN2. The number of nitrogens with zero attached hydrogens (tertiary/aromatic N) is 2. The topological polar surface area (TPSA) is 17.8 Å². The third-order valence-corrected chi connectivity index (χ3v) is 3.83. The molecule has 0 amide bonds. The van der Waals surface area contributed by atoms with Crippen LogP contribution in [-0.2, 0) is 6.54 Å². The van der Waals surface area contributed by atoms with Crippen LogP contribution in [0, 0.1) is 14.8 Å². The summed E-state index contributed by atoms with van der Waals surface area (Å²) < 4.78 is 16.4. The van der Waals surface area contributed by atoms with E-state index in [4.69, 9.17) is 11.6 Å². The maximum Gasteiger partial charge on any atom is 0.138 e. The highest BCUT2D eigenvalue weighted by Gasteiger charge is 2.21. The van der Waals surface area contributed by atoms with Crippen LogP contribution < -0.4 is 0 Å². The summed E-state index contributed by atoms with van der Waals surface area (Å²) in [4.78, 5) is 4.56. The van der Waals surface area contributed by atoms with E-state index in [1.165, 1.54) is 0 Å². The van der Waals surface area contributed by atoms with Crippen LogP contribution in [0.5, 0.6) is 0 Å². The molecule has 0 saturated heterocycles. The molecule has 104 valence electrons. The summed E-state index contributed by atoms with van der Waals surface area (Å²) in [5.41, 5.74) is 1.70. The van der Waals surface area contributed by atoms with Gasteiger partial charge in [0, 0.05) is 12.6 Å². The van der Waals surface area contributed by atoms with Crippen molar-refractivity contribution < 1.29 is 4.39 Å². The fourth-order valence-corrected chi connectivity index (χ4v) is 2.70. The number of aromatic nitrogens is 2. The predicted molar refractivity (Wildman–Crippen MR) is 86.1 cm³/mol. The first-order valence-corrected chi connectivity index (χ1v) is 7.70. The largest absolute Gasteiger partial charge is 0.326 e. The van der Waals surface area contributed by atoms with Crippen LogP contribution in [0.25, 0.3) is 11.0 Å². The number of fused-ring (bicyclic) bond motifs is 1. The molecule has 0 fully saturated rings. The van der Waals surface area contributed by atoms with Crippen LogP contribution in [0.2, 0.25) is 0 Å². The zero-order chi connectivity index (χ0) is 14.4. The van der Waals surface area contributed by atoms with Gasteiger partial charge in [-0.25, -0.2) is 9.37 Å². The maximum atomic E-state index is 13.8. The number of rotatable bonds is 2. The third kappa shape index (κ3) is 3.21. The molecule has 1 aromatic carbocycles. The van der Waals surface area contributed by atoms with E-state index >= 15 is 0 Å². The Bertz CT molecular complexity index is 614. The Morgan fingerprint density at radius 1 is 1.42 bits per heavy atom. The zero-order valence-corrected chi connectivity index (χ0v) is 14.4. The van der Waals surface area contributed by atoms with E-state index in [1.54, 1.807) is 12.1 Å². The van der Waals surface area contributed by atoms with Crippen molar-refractivity contribution in [2.24, 2.45) is 5.41 Å². The Hall–Kier alpha value is -0.360. The molecule has 0 aliphatic rings. The first kappa shape index (κ1) is 15.0. The van der Waals surface area contributed by atoms with Crippen molar-refractivity contribution in [3.8, 4) is 0 Å². The molecule has 2 nitrogen and oxygen atoms in total. The molecule has 19 heavy (non-hydrogen) atoms. The van der Waals surface area contributed by atoms with Crippen LogP contribution in [-0.4, -0.2) is 9.55 Å². The Morgan fingerprint density at radius 3 is 2.58 bits per heavy atom. The van der Waals surface area contributed by atoms with Crippen LogP contribution in [0.4, 0.5) is 4.39 Å². The van der Waals surface area contributed by atoms with Gasteiger partial charge in [0.15, 0.2) is 0 Å². The number of benzene rings is 1. The van der Waals surface area contributed by atoms with Gasteiger partial charge in [0.2, 0.25) is 0 Å². The molecule has 5 heteroatoms. The van der Waals surface area contributed by atoms with Gasteiger partial charge in [-0.2, -0.15) is 0 Å². The summed E-state index contributed by atoms with van der Waals surface area (Å²) >= 11 is 8.19. The van der Waals surface area contributed by atoms with Crippen molar-refractivity contribution in [2.45, 2.75) is 39.6 Å². The van der Waals surface area contributed by atoms with Crippen molar-refractivity contribution in [3.05, 3.63) is 27.3 Å². The molecule has 0 aliphatic carbocycles. The van der Waals surface area contributed by atoms with Gasteiger partial charge in [-0.05, 0) is 41.0 Å². The Labute approximate surface area is 131 Å². The lowest BCUT2D eigenvalue weighted by molar-refractivity contribution is 0.343. The number of hydrogen-bond donors (Lipinski definition) is 0. The molecule has 1 atom stereocenters. The van der Waals surface area contributed by atoms with Gasteiger partial charge in [0.25, 0.3) is 0 Å². The summed E-state index contributed by atoms with van der Waals surface area (Å²) in [6.07, 6.45) is 0. The van der Waals surface area contributed by atoms with Gasteiger partial charge in [0.1, 0.15) is 11.6 Å². The average molecular weight is 395 g/mol. The molecule has 1 aromatic heterocycles. The lowest BCUT2D eigenvalue weighted by Crippen LogP contribution is -2.17. The van der Waals surface area contributed by atoms with E-state index in [0.717, 1.165) is 23.4 Å². The summed E-state index contributed by atoms with van der Waals surface area (Å²) in [5.74, 6) is 0.588. The minimum absolute atomic E-state index is 0.0770. The number of hydrogen-bond acceptors (Lipinski definition) is 1. The van der Waals surface area contributed by atoms with Gasteiger partial charge < -0.3 is 4.57 Å². The molecule has 0 saturated carbocycles. The highest BCUT2D eigenvalue weighted by molar-refractivity contribution is 14.1. The van der Waals surface area contributed by atoms with Crippen LogP contribution in [0.15, 0.2) is 12.1 Å². The molecule has 2 rings (SSSR count). The molecule has 0 N–H and O–H groups in total. The lowest BCUT2D eigenvalue weighted by Gasteiger charge is -2.21. The fraction of sp³-hybridized carbons (Fsp3) is 0.500. The van der Waals surface area contributed by atoms with Crippen LogP contribution >= 0.6 is 34.2 Å². The van der Waals surface area contributed by atoms with E-state index in [2.05, 4.69) is 25.8 Å². The summed E-state index contributed by atoms with van der Waals surface area (Å²) in [5, 5.41) is -0.199. The smallest absolute Gasteiger partial charge is 0.138 e. The second-order valence-electron chi connectivity index (χ2n) is 5.99. The maximum absolute atomic E-state index is 13.8. The highest BCUT2D eigenvalue weighted by Crippen LogP contribution is 2.30. The summed E-state index contributed by atoms with van der Waals surface area (Å²) in [6, 6.07) is 3.33. The van der Waals surface area contributed by atoms with E-state index in [0.29, 0.717) is 3.57 Å². The molecule has 1 unspecified atom stereocenters. The SMILES string of the molecule is CC(Cl)c1nc2cc(I)c(F)cc2n1CC(C)(C)C. The second-order valence-corrected chi connectivity index (χ2v) is 7.80. The van der Waals surface area contributed by atoms with E-state index in [-0.39, 0.29) is 16.6 Å². The predicted octanol–water partition coefficient (Wildman–Crippen LogP) is 5.13. The molecule has 0 aliphatic heterocycles. The van der Waals surface area contributed by atoms with Gasteiger partial charge >= 0.3 is 0 Å². The quantitative estimate of drug-likeness (QED) is 0.510. The molecule has 0 radical (unpaired) electrons. The molecule has 1 heterocycles. The van der Waals surface area contributed by atoms with Gasteiger partial charge in [-0.1, -0.05) is 20.8 Å². The second kappa shape index (κ2) is 5.20. The minimum atomic E-state index is -0.211. The Morgan fingerprint density at radius 2 is 2.05 bits per heavy atom. The first-order valence-electron chi connectivity index (χ1n) is 6.18. The van der Waals surface area contributed by atoms with Gasteiger partial charge in [-0.3, -0.25) is 0 Å². The number of imidazole rings is 1. The molecule has 0 spiro atoms. The first-order chi connectivity index (χ1) is 8.69. The van der Waals surface area contributed by atoms with Crippen LogP contribution in [0.1, 0.15) is 38.9 Å². The van der Waals surface area contributed by atoms with Crippen molar-refractivity contribution in [2.75, 3.05) is 0 Å². The average Bonchev–Trinajstić information content (AvgIpc) is 2.56. The normalized spacial score (nSPS) is 14.1. The molecule has 0 bridgehead atoms. The summed E-state index contributed by atoms with van der Waals surface area (Å²) in [7, 11) is 0. The van der Waals surface area contributed by atoms with Crippen molar-refractivity contribution in [3.63, 3.8) is 0 Å². The fourth-order valence-electron chi connectivity index (χ4n) is 2.08. The van der Waals surface area contributed by atoms with Gasteiger partial charge in [0.05, 0.1) is 20.0 Å². The Balaban J connectivity index is 2.69. The van der Waals surface area contributed by atoms with E-state index in [9.17, 15) is 4.39 Å². The minimum Gasteiger partial charge on any atom is -0.326 e. The monoisotopic (exact) mass is 394 g/mol. The van der Waals surface area contributed by atoms with E-state index < -0.39 is 0 Å². The van der Waals surface area contributed by atoms with Crippen molar-refractivity contribution >= 4 is 45.2 Å². The standard InChI is InChI=1S/C14H17ClFIN2/c1-8(15)13-18-11-6-10(17)9(16)5-12(11)19(13)7-14(2,3)4/h5-6,8H,7H2,1-4H3. The van der Waals surface area contributed by atoms with Crippen molar-refractivity contribution in [1.82, 2.24) is 9.55 Å².